The molecule has 1 atom stereocenters. The van der Waals surface area contributed by atoms with Crippen molar-refractivity contribution in [2.75, 3.05) is 26.2 Å². The van der Waals surface area contributed by atoms with E-state index in [1.165, 1.54) is 0 Å². The third-order valence-electron chi connectivity index (χ3n) is 5.01. The zero-order valence-electron chi connectivity index (χ0n) is 16.3. The van der Waals surface area contributed by atoms with Gasteiger partial charge in [-0.15, -0.1) is 0 Å². The number of nitrogens with zero attached hydrogens (tertiary/aromatic N) is 2. The van der Waals surface area contributed by atoms with Gasteiger partial charge in [0.2, 0.25) is 5.91 Å². The zero-order valence-corrected chi connectivity index (χ0v) is 16.3. The SMILES string of the molecule is CCC(C)(C)NC(=O)[C@@H](C)N1CCCN(C(=O)Oc2ccccc2)CC1. The molecule has 2 rings (SSSR count). The number of nitrogens with one attached hydrogen (secondary N) is 1. The van der Waals surface area contributed by atoms with Gasteiger partial charge in [0.25, 0.3) is 0 Å². The molecule has 1 heterocycles. The van der Waals surface area contributed by atoms with Crippen molar-refractivity contribution < 1.29 is 14.3 Å². The molecule has 1 fully saturated rings. The number of benzene rings is 1. The smallest absolute Gasteiger partial charge is 0.410 e. The van der Waals surface area contributed by atoms with Crippen LogP contribution in [0.1, 0.15) is 40.5 Å². The van der Waals surface area contributed by atoms with E-state index in [9.17, 15) is 9.59 Å². The van der Waals surface area contributed by atoms with Crippen molar-refractivity contribution in [2.45, 2.75) is 52.1 Å². The molecule has 1 aliphatic heterocycles. The number of para-hydroxylation sites is 1. The van der Waals surface area contributed by atoms with Crippen molar-refractivity contribution in [3.8, 4) is 5.75 Å². The van der Waals surface area contributed by atoms with Crippen LogP contribution in [0.15, 0.2) is 30.3 Å². The van der Waals surface area contributed by atoms with E-state index < -0.39 is 0 Å². The van der Waals surface area contributed by atoms with Crippen molar-refractivity contribution >= 4 is 12.0 Å². The summed E-state index contributed by atoms with van der Waals surface area (Å²) in [5.41, 5.74) is -0.206. The predicted octanol–water partition coefficient (Wildman–Crippen LogP) is 2.89. The Hall–Kier alpha value is -2.08. The van der Waals surface area contributed by atoms with Crippen LogP contribution in [0.5, 0.6) is 5.75 Å². The van der Waals surface area contributed by atoms with Crippen LogP contribution in [0.25, 0.3) is 0 Å². The largest absolute Gasteiger partial charge is 0.415 e. The van der Waals surface area contributed by atoms with Crippen LogP contribution in [0.3, 0.4) is 0 Å². The first-order valence-electron chi connectivity index (χ1n) is 9.40. The highest BCUT2D eigenvalue weighted by atomic mass is 16.6. The standard InChI is InChI=1S/C20H31N3O3/c1-5-20(3,4)21-18(24)16(2)22-12-9-13-23(15-14-22)19(25)26-17-10-7-6-8-11-17/h6-8,10-11,16H,5,9,12-15H2,1-4H3,(H,21,24)/t16-/m1/s1. The fraction of sp³-hybridized carbons (Fsp3) is 0.600. The minimum absolute atomic E-state index is 0.0390. The molecule has 0 spiro atoms. The summed E-state index contributed by atoms with van der Waals surface area (Å²) in [7, 11) is 0. The van der Waals surface area contributed by atoms with E-state index >= 15 is 0 Å². The van der Waals surface area contributed by atoms with E-state index in [1.54, 1.807) is 17.0 Å². The lowest BCUT2D eigenvalue weighted by molar-refractivity contribution is -0.127. The van der Waals surface area contributed by atoms with E-state index in [1.807, 2.05) is 39.0 Å². The summed E-state index contributed by atoms with van der Waals surface area (Å²) >= 11 is 0. The number of carbonyl (C=O) groups is 2. The molecule has 0 bridgehead atoms. The Labute approximate surface area is 156 Å². The van der Waals surface area contributed by atoms with Gasteiger partial charge in [0.15, 0.2) is 0 Å². The molecule has 1 aromatic carbocycles. The first-order chi connectivity index (χ1) is 12.3. The molecule has 0 saturated carbocycles. The second kappa shape index (κ2) is 9.03. The van der Waals surface area contributed by atoms with E-state index in [4.69, 9.17) is 4.74 Å². The molecule has 0 radical (unpaired) electrons. The summed E-state index contributed by atoms with van der Waals surface area (Å²) in [5, 5.41) is 3.10. The molecule has 6 nitrogen and oxygen atoms in total. The normalized spacial score (nSPS) is 17.3. The molecular weight excluding hydrogens is 330 g/mol. The number of hydrogen-bond acceptors (Lipinski definition) is 4. The highest BCUT2D eigenvalue weighted by Crippen LogP contribution is 2.14. The van der Waals surface area contributed by atoms with Gasteiger partial charge in [0, 0.05) is 31.7 Å². The lowest BCUT2D eigenvalue weighted by Gasteiger charge is -2.31. The van der Waals surface area contributed by atoms with Crippen LogP contribution < -0.4 is 10.1 Å². The second-order valence-electron chi connectivity index (χ2n) is 7.46. The Balaban J connectivity index is 1.88. The van der Waals surface area contributed by atoms with Crippen LogP contribution in [0, 0.1) is 0 Å². The predicted molar refractivity (Wildman–Crippen MR) is 102 cm³/mol. The van der Waals surface area contributed by atoms with E-state index in [0.717, 1.165) is 19.4 Å². The summed E-state index contributed by atoms with van der Waals surface area (Å²) in [6.45, 7) is 10.7. The molecule has 0 aromatic heterocycles. The number of carbonyl (C=O) groups excluding carboxylic acids is 2. The Bertz CT molecular complexity index is 604. The van der Waals surface area contributed by atoms with Crippen LogP contribution in [-0.4, -0.2) is 59.6 Å². The summed E-state index contributed by atoms with van der Waals surface area (Å²) in [6, 6.07) is 8.88. The number of hydrogen-bond donors (Lipinski definition) is 1. The number of amides is 2. The molecule has 6 heteroatoms. The van der Waals surface area contributed by atoms with Crippen molar-refractivity contribution in [2.24, 2.45) is 0 Å². The molecule has 2 amide bonds. The van der Waals surface area contributed by atoms with Crippen LogP contribution >= 0.6 is 0 Å². The first kappa shape index (κ1) is 20.2. The number of ether oxygens (including phenoxy) is 1. The van der Waals surface area contributed by atoms with E-state index in [2.05, 4.69) is 17.1 Å². The topological polar surface area (TPSA) is 61.9 Å². The van der Waals surface area contributed by atoms with Crippen LogP contribution in [0.2, 0.25) is 0 Å². The van der Waals surface area contributed by atoms with Crippen molar-refractivity contribution in [1.29, 1.82) is 0 Å². The van der Waals surface area contributed by atoms with Gasteiger partial charge in [-0.05, 0) is 45.7 Å². The quantitative estimate of drug-likeness (QED) is 0.876. The highest BCUT2D eigenvalue weighted by molar-refractivity contribution is 5.82. The van der Waals surface area contributed by atoms with Gasteiger partial charge in [0.05, 0.1) is 6.04 Å². The molecule has 1 N–H and O–H groups in total. The lowest BCUT2D eigenvalue weighted by atomic mass is 10.0. The van der Waals surface area contributed by atoms with E-state index in [-0.39, 0.29) is 23.6 Å². The average Bonchev–Trinajstić information content (AvgIpc) is 2.87. The molecule has 1 aromatic rings. The van der Waals surface area contributed by atoms with Crippen molar-refractivity contribution in [3.63, 3.8) is 0 Å². The molecular formula is C20H31N3O3. The summed E-state index contributed by atoms with van der Waals surface area (Å²) in [6.07, 6.45) is 1.37. The number of rotatable bonds is 5. The summed E-state index contributed by atoms with van der Waals surface area (Å²) in [5.74, 6) is 0.588. The van der Waals surface area contributed by atoms with Gasteiger partial charge in [-0.3, -0.25) is 9.69 Å². The average molecular weight is 361 g/mol. The molecule has 1 saturated heterocycles. The minimum Gasteiger partial charge on any atom is -0.410 e. The van der Waals surface area contributed by atoms with E-state index in [0.29, 0.717) is 25.4 Å². The minimum atomic E-state index is -0.331. The first-order valence-corrected chi connectivity index (χ1v) is 9.40. The Morgan fingerprint density at radius 2 is 1.85 bits per heavy atom. The third-order valence-corrected chi connectivity index (χ3v) is 5.01. The molecule has 0 aliphatic carbocycles. The van der Waals surface area contributed by atoms with Crippen LogP contribution in [0.4, 0.5) is 4.79 Å². The Morgan fingerprint density at radius 3 is 2.50 bits per heavy atom. The molecule has 1 aliphatic rings. The third kappa shape index (κ3) is 5.73. The van der Waals surface area contributed by atoms with Gasteiger partial charge in [-0.2, -0.15) is 0 Å². The van der Waals surface area contributed by atoms with Crippen molar-refractivity contribution in [1.82, 2.24) is 15.1 Å². The Morgan fingerprint density at radius 1 is 1.15 bits per heavy atom. The van der Waals surface area contributed by atoms with Gasteiger partial charge < -0.3 is 15.0 Å². The van der Waals surface area contributed by atoms with Gasteiger partial charge >= 0.3 is 6.09 Å². The Kier molecular flexibility index (Phi) is 7.03. The second-order valence-corrected chi connectivity index (χ2v) is 7.46. The fourth-order valence-corrected chi connectivity index (χ4v) is 2.85. The summed E-state index contributed by atoms with van der Waals surface area (Å²) in [4.78, 5) is 28.7. The lowest BCUT2D eigenvalue weighted by Crippen LogP contribution is -2.52. The van der Waals surface area contributed by atoms with Gasteiger partial charge in [-0.25, -0.2) is 4.79 Å². The maximum atomic E-state index is 12.5. The fourth-order valence-electron chi connectivity index (χ4n) is 2.85. The monoisotopic (exact) mass is 361 g/mol. The molecule has 26 heavy (non-hydrogen) atoms. The van der Waals surface area contributed by atoms with Crippen molar-refractivity contribution in [3.05, 3.63) is 30.3 Å². The molecule has 0 unspecified atom stereocenters. The van der Waals surface area contributed by atoms with Gasteiger partial charge in [0.1, 0.15) is 5.75 Å². The zero-order chi connectivity index (χ0) is 19.2. The maximum Gasteiger partial charge on any atom is 0.415 e. The highest BCUT2D eigenvalue weighted by Gasteiger charge is 2.28. The van der Waals surface area contributed by atoms with Gasteiger partial charge in [-0.1, -0.05) is 25.1 Å². The molecule has 144 valence electrons. The summed E-state index contributed by atoms with van der Waals surface area (Å²) < 4.78 is 5.42. The van der Waals surface area contributed by atoms with Crippen LogP contribution in [-0.2, 0) is 4.79 Å². The maximum absolute atomic E-state index is 12.5.